The molecule has 17 heavy (non-hydrogen) atoms. The molecular weight excluding hydrogens is 206 g/mol. The molecule has 0 aromatic heterocycles. The minimum Gasteiger partial charge on any atom is -0.327 e. The van der Waals surface area contributed by atoms with E-state index in [0.717, 1.165) is 12.3 Å². The second kappa shape index (κ2) is 6.20. The van der Waals surface area contributed by atoms with Gasteiger partial charge in [0.2, 0.25) is 0 Å². The van der Waals surface area contributed by atoms with E-state index in [4.69, 9.17) is 5.73 Å². The Labute approximate surface area is 106 Å². The number of hydrogen-bond donors (Lipinski definition) is 1. The Hall–Kier alpha value is -0.820. The van der Waals surface area contributed by atoms with Crippen molar-refractivity contribution >= 4 is 0 Å². The zero-order valence-electron chi connectivity index (χ0n) is 11.7. The fourth-order valence-corrected chi connectivity index (χ4v) is 2.36. The van der Waals surface area contributed by atoms with Crippen LogP contribution in [0.1, 0.15) is 52.5 Å². The maximum atomic E-state index is 6.44. The Kier molecular flexibility index (Phi) is 5.20. The first-order valence-corrected chi connectivity index (χ1v) is 6.83. The first-order chi connectivity index (χ1) is 8.02. The SMILES string of the molecule is CCC(CC)CC(N)C(C)(C)c1ccccc1. The molecule has 0 bridgehead atoms. The maximum Gasteiger partial charge on any atom is 0.0134 e. The normalized spacial score (nSPS) is 14.0. The van der Waals surface area contributed by atoms with Crippen molar-refractivity contribution in [2.75, 3.05) is 0 Å². The molecule has 0 fully saturated rings. The van der Waals surface area contributed by atoms with Crippen molar-refractivity contribution in [3.05, 3.63) is 35.9 Å². The minimum absolute atomic E-state index is 0.0594. The van der Waals surface area contributed by atoms with Crippen LogP contribution in [0.25, 0.3) is 0 Å². The summed E-state index contributed by atoms with van der Waals surface area (Å²) in [5, 5.41) is 0. The molecular formula is C16H27N. The predicted octanol–water partition coefficient (Wildman–Crippen LogP) is 4.12. The summed E-state index contributed by atoms with van der Waals surface area (Å²) in [5.41, 5.74) is 7.84. The number of nitrogens with two attached hydrogens (primary N) is 1. The molecule has 2 N–H and O–H groups in total. The molecule has 0 saturated carbocycles. The molecule has 0 amide bonds. The van der Waals surface area contributed by atoms with Crippen molar-refractivity contribution in [1.82, 2.24) is 0 Å². The van der Waals surface area contributed by atoms with Gasteiger partial charge in [-0.3, -0.25) is 0 Å². The van der Waals surface area contributed by atoms with E-state index in [9.17, 15) is 0 Å². The van der Waals surface area contributed by atoms with Crippen molar-refractivity contribution in [1.29, 1.82) is 0 Å². The monoisotopic (exact) mass is 233 g/mol. The lowest BCUT2D eigenvalue weighted by Gasteiger charge is -2.34. The number of hydrogen-bond acceptors (Lipinski definition) is 1. The highest BCUT2D eigenvalue weighted by molar-refractivity contribution is 5.25. The third kappa shape index (κ3) is 3.57. The minimum atomic E-state index is 0.0594. The van der Waals surface area contributed by atoms with E-state index in [-0.39, 0.29) is 11.5 Å². The quantitative estimate of drug-likeness (QED) is 0.786. The van der Waals surface area contributed by atoms with Crippen LogP contribution in [-0.4, -0.2) is 6.04 Å². The second-order valence-corrected chi connectivity index (χ2v) is 5.61. The molecule has 0 saturated heterocycles. The average Bonchev–Trinajstić information content (AvgIpc) is 2.36. The van der Waals surface area contributed by atoms with E-state index in [1.807, 2.05) is 0 Å². The van der Waals surface area contributed by atoms with E-state index in [0.29, 0.717) is 0 Å². The molecule has 1 heteroatoms. The number of benzene rings is 1. The van der Waals surface area contributed by atoms with E-state index in [1.54, 1.807) is 0 Å². The lowest BCUT2D eigenvalue weighted by atomic mass is 9.74. The van der Waals surface area contributed by atoms with Crippen LogP contribution in [0.4, 0.5) is 0 Å². The summed E-state index contributed by atoms with van der Waals surface area (Å²) in [7, 11) is 0. The van der Waals surface area contributed by atoms with Gasteiger partial charge in [0, 0.05) is 11.5 Å². The summed E-state index contributed by atoms with van der Waals surface area (Å²) in [6, 6.07) is 10.9. The Balaban J connectivity index is 2.76. The van der Waals surface area contributed by atoms with Crippen LogP contribution >= 0.6 is 0 Å². The first kappa shape index (κ1) is 14.2. The lowest BCUT2D eigenvalue weighted by Crippen LogP contribution is -2.42. The van der Waals surface area contributed by atoms with Crippen LogP contribution in [0.2, 0.25) is 0 Å². The van der Waals surface area contributed by atoms with Crippen molar-refractivity contribution in [2.24, 2.45) is 11.7 Å². The molecule has 96 valence electrons. The maximum absolute atomic E-state index is 6.44. The van der Waals surface area contributed by atoms with E-state index >= 15 is 0 Å². The molecule has 1 rings (SSSR count). The summed E-state index contributed by atoms with van der Waals surface area (Å²) >= 11 is 0. The largest absolute Gasteiger partial charge is 0.327 e. The van der Waals surface area contributed by atoms with Crippen LogP contribution in [0, 0.1) is 5.92 Å². The Morgan fingerprint density at radius 1 is 1.06 bits per heavy atom. The van der Waals surface area contributed by atoms with Gasteiger partial charge in [0.25, 0.3) is 0 Å². The molecule has 0 spiro atoms. The molecule has 0 heterocycles. The molecule has 0 aliphatic rings. The van der Waals surface area contributed by atoms with Gasteiger partial charge in [-0.2, -0.15) is 0 Å². The third-order valence-corrected chi connectivity index (χ3v) is 4.19. The standard InChI is InChI=1S/C16H27N/c1-5-13(6-2)12-15(17)16(3,4)14-10-8-7-9-11-14/h7-11,13,15H,5-6,12,17H2,1-4H3. The van der Waals surface area contributed by atoms with Crippen LogP contribution in [0.3, 0.4) is 0 Å². The highest BCUT2D eigenvalue weighted by Crippen LogP contribution is 2.30. The van der Waals surface area contributed by atoms with Crippen LogP contribution in [0.15, 0.2) is 30.3 Å². The summed E-state index contributed by atoms with van der Waals surface area (Å²) in [6.07, 6.45) is 3.58. The molecule has 0 aliphatic heterocycles. The van der Waals surface area contributed by atoms with Crippen LogP contribution in [-0.2, 0) is 5.41 Å². The van der Waals surface area contributed by atoms with Gasteiger partial charge in [-0.1, -0.05) is 70.9 Å². The lowest BCUT2D eigenvalue weighted by molar-refractivity contribution is 0.318. The summed E-state index contributed by atoms with van der Waals surface area (Å²) in [6.45, 7) is 9.04. The van der Waals surface area contributed by atoms with Gasteiger partial charge in [-0.15, -0.1) is 0 Å². The average molecular weight is 233 g/mol. The molecule has 0 aliphatic carbocycles. The van der Waals surface area contributed by atoms with Gasteiger partial charge in [0.1, 0.15) is 0 Å². The predicted molar refractivity (Wildman–Crippen MR) is 76.1 cm³/mol. The zero-order valence-corrected chi connectivity index (χ0v) is 11.7. The molecule has 1 unspecified atom stereocenters. The van der Waals surface area contributed by atoms with Gasteiger partial charge in [-0.25, -0.2) is 0 Å². The van der Waals surface area contributed by atoms with Crippen molar-refractivity contribution in [3.8, 4) is 0 Å². The van der Waals surface area contributed by atoms with Gasteiger partial charge in [0.05, 0.1) is 0 Å². The molecule has 1 atom stereocenters. The summed E-state index contributed by atoms with van der Waals surface area (Å²) in [4.78, 5) is 0. The molecule has 1 aromatic carbocycles. The second-order valence-electron chi connectivity index (χ2n) is 5.61. The van der Waals surface area contributed by atoms with Gasteiger partial charge < -0.3 is 5.73 Å². The Morgan fingerprint density at radius 2 is 1.59 bits per heavy atom. The van der Waals surface area contributed by atoms with Crippen molar-refractivity contribution in [3.63, 3.8) is 0 Å². The first-order valence-electron chi connectivity index (χ1n) is 6.83. The van der Waals surface area contributed by atoms with Gasteiger partial charge in [0.15, 0.2) is 0 Å². The fraction of sp³-hybridized carbons (Fsp3) is 0.625. The van der Waals surface area contributed by atoms with E-state index in [2.05, 4.69) is 58.0 Å². The smallest absolute Gasteiger partial charge is 0.0134 e. The van der Waals surface area contributed by atoms with E-state index < -0.39 is 0 Å². The van der Waals surface area contributed by atoms with Gasteiger partial charge in [-0.05, 0) is 17.9 Å². The topological polar surface area (TPSA) is 26.0 Å². The summed E-state index contributed by atoms with van der Waals surface area (Å²) < 4.78 is 0. The Bertz CT molecular complexity index is 312. The van der Waals surface area contributed by atoms with Crippen molar-refractivity contribution < 1.29 is 0 Å². The highest BCUT2D eigenvalue weighted by Gasteiger charge is 2.29. The zero-order chi connectivity index (χ0) is 12.9. The van der Waals surface area contributed by atoms with Crippen molar-refractivity contribution in [2.45, 2.75) is 58.4 Å². The van der Waals surface area contributed by atoms with Gasteiger partial charge >= 0.3 is 0 Å². The highest BCUT2D eigenvalue weighted by atomic mass is 14.7. The third-order valence-electron chi connectivity index (χ3n) is 4.19. The fourth-order valence-electron chi connectivity index (χ4n) is 2.36. The molecule has 1 nitrogen and oxygen atoms in total. The molecule has 0 radical (unpaired) electrons. The number of rotatable bonds is 6. The van der Waals surface area contributed by atoms with Crippen LogP contribution < -0.4 is 5.73 Å². The Morgan fingerprint density at radius 3 is 2.06 bits per heavy atom. The summed E-state index contributed by atoms with van der Waals surface area (Å²) in [5.74, 6) is 0.757. The molecule has 1 aromatic rings. The van der Waals surface area contributed by atoms with Crippen LogP contribution in [0.5, 0.6) is 0 Å². The van der Waals surface area contributed by atoms with E-state index in [1.165, 1.54) is 18.4 Å².